The Morgan fingerprint density at radius 1 is 1.19 bits per heavy atom. The van der Waals surface area contributed by atoms with E-state index < -0.39 is 10.0 Å². The van der Waals surface area contributed by atoms with Crippen LogP contribution in [0.4, 0.5) is 0 Å². The molecule has 1 N–H and O–H groups in total. The fraction of sp³-hybridized carbons (Fsp3) is 0.381. The largest absolute Gasteiger partial charge is 0.335 e. The van der Waals surface area contributed by atoms with Crippen molar-refractivity contribution in [3.05, 3.63) is 64.7 Å². The van der Waals surface area contributed by atoms with Crippen molar-refractivity contribution in [3.63, 3.8) is 0 Å². The highest BCUT2D eigenvalue weighted by molar-refractivity contribution is 7.89. The van der Waals surface area contributed by atoms with E-state index in [-0.39, 0.29) is 16.8 Å². The molecule has 0 aliphatic carbocycles. The summed E-state index contributed by atoms with van der Waals surface area (Å²) in [4.78, 5) is 15.3. The standard InChI is InChI=1S/C21H26N2O3S/c1-15-12-18(14-20(16(15)2)27(25,26)22-3)21(24)23-11-7-10-19(23)13-17-8-5-4-6-9-17/h4-6,8-9,12,14,19,22H,7,10-11,13H2,1-3H3. The van der Waals surface area contributed by atoms with Crippen LogP contribution in [0.3, 0.4) is 0 Å². The maximum absolute atomic E-state index is 13.2. The lowest BCUT2D eigenvalue weighted by Crippen LogP contribution is -2.37. The summed E-state index contributed by atoms with van der Waals surface area (Å²) in [6, 6.07) is 13.6. The minimum atomic E-state index is -3.61. The van der Waals surface area contributed by atoms with E-state index in [4.69, 9.17) is 0 Å². The van der Waals surface area contributed by atoms with Crippen LogP contribution in [0.2, 0.25) is 0 Å². The zero-order chi connectivity index (χ0) is 19.6. The summed E-state index contributed by atoms with van der Waals surface area (Å²) in [5.41, 5.74) is 3.12. The number of nitrogens with one attached hydrogen (secondary N) is 1. The van der Waals surface area contributed by atoms with E-state index in [0.717, 1.165) is 24.8 Å². The average molecular weight is 387 g/mol. The van der Waals surface area contributed by atoms with Crippen LogP contribution in [-0.2, 0) is 16.4 Å². The van der Waals surface area contributed by atoms with Crippen molar-refractivity contribution in [2.45, 2.75) is 44.0 Å². The third kappa shape index (κ3) is 4.06. The molecule has 5 nitrogen and oxygen atoms in total. The van der Waals surface area contributed by atoms with Gasteiger partial charge in [0.15, 0.2) is 0 Å². The number of sulfonamides is 1. The normalized spacial score (nSPS) is 17.3. The predicted molar refractivity (Wildman–Crippen MR) is 106 cm³/mol. The maximum Gasteiger partial charge on any atom is 0.254 e. The molecule has 1 aliphatic heterocycles. The van der Waals surface area contributed by atoms with E-state index in [0.29, 0.717) is 17.7 Å². The minimum absolute atomic E-state index is 0.0934. The predicted octanol–water partition coefficient (Wildman–Crippen LogP) is 3.06. The Bertz CT molecular complexity index is 939. The number of nitrogens with zero attached hydrogens (tertiary/aromatic N) is 1. The number of carbonyl (C=O) groups excluding carboxylic acids is 1. The number of benzene rings is 2. The molecule has 1 fully saturated rings. The van der Waals surface area contributed by atoms with Crippen LogP contribution in [0.15, 0.2) is 47.4 Å². The third-order valence-electron chi connectivity index (χ3n) is 5.38. The van der Waals surface area contributed by atoms with Crippen molar-refractivity contribution >= 4 is 15.9 Å². The molecule has 1 heterocycles. The van der Waals surface area contributed by atoms with E-state index in [9.17, 15) is 13.2 Å². The highest BCUT2D eigenvalue weighted by Gasteiger charge is 2.30. The summed E-state index contributed by atoms with van der Waals surface area (Å²) in [5, 5.41) is 0. The summed E-state index contributed by atoms with van der Waals surface area (Å²) in [7, 11) is -2.23. The van der Waals surface area contributed by atoms with Crippen LogP contribution in [-0.4, -0.2) is 38.9 Å². The lowest BCUT2D eigenvalue weighted by atomic mass is 10.0. The van der Waals surface area contributed by atoms with Gasteiger partial charge >= 0.3 is 0 Å². The van der Waals surface area contributed by atoms with Crippen molar-refractivity contribution in [1.82, 2.24) is 9.62 Å². The van der Waals surface area contributed by atoms with Gasteiger partial charge < -0.3 is 4.90 Å². The highest BCUT2D eigenvalue weighted by Crippen LogP contribution is 2.26. The first-order valence-electron chi connectivity index (χ1n) is 9.23. The zero-order valence-electron chi connectivity index (χ0n) is 16.0. The molecule has 3 rings (SSSR count). The Labute approximate surface area is 161 Å². The number of hydrogen-bond acceptors (Lipinski definition) is 3. The first-order valence-corrected chi connectivity index (χ1v) is 10.7. The van der Waals surface area contributed by atoms with E-state index in [2.05, 4.69) is 16.9 Å². The molecule has 1 aliphatic rings. The van der Waals surface area contributed by atoms with Crippen LogP contribution in [0.1, 0.15) is 39.9 Å². The van der Waals surface area contributed by atoms with Crippen molar-refractivity contribution in [2.24, 2.45) is 0 Å². The first-order chi connectivity index (χ1) is 12.8. The Morgan fingerprint density at radius 3 is 2.56 bits per heavy atom. The second-order valence-corrected chi connectivity index (χ2v) is 8.96. The number of hydrogen-bond donors (Lipinski definition) is 1. The Hall–Kier alpha value is -2.18. The van der Waals surface area contributed by atoms with Gasteiger partial charge in [0.2, 0.25) is 10.0 Å². The van der Waals surface area contributed by atoms with Gasteiger partial charge in [-0.25, -0.2) is 13.1 Å². The molecule has 1 saturated heterocycles. The van der Waals surface area contributed by atoms with Crippen molar-refractivity contribution < 1.29 is 13.2 Å². The van der Waals surface area contributed by atoms with Crippen LogP contribution >= 0.6 is 0 Å². The molecule has 2 aromatic carbocycles. The number of amides is 1. The lowest BCUT2D eigenvalue weighted by Gasteiger charge is -2.25. The van der Waals surface area contributed by atoms with Crippen molar-refractivity contribution in [1.29, 1.82) is 0 Å². The number of aryl methyl sites for hydroxylation is 1. The smallest absolute Gasteiger partial charge is 0.254 e. The molecule has 27 heavy (non-hydrogen) atoms. The fourth-order valence-corrected chi connectivity index (χ4v) is 4.77. The topological polar surface area (TPSA) is 66.5 Å². The second-order valence-electron chi connectivity index (χ2n) is 7.11. The molecule has 1 atom stereocenters. The quantitative estimate of drug-likeness (QED) is 0.859. The molecule has 1 unspecified atom stereocenters. The average Bonchev–Trinajstić information content (AvgIpc) is 3.12. The number of rotatable bonds is 5. The summed E-state index contributed by atoms with van der Waals surface area (Å²) < 4.78 is 27.0. The minimum Gasteiger partial charge on any atom is -0.335 e. The molecule has 0 saturated carbocycles. The SMILES string of the molecule is CNS(=O)(=O)c1cc(C(=O)N2CCCC2Cc2ccccc2)cc(C)c1C. The molecule has 0 spiro atoms. The molecule has 144 valence electrons. The first kappa shape index (κ1) is 19.6. The van der Waals surface area contributed by atoms with Crippen LogP contribution in [0.25, 0.3) is 0 Å². The molecule has 1 amide bonds. The van der Waals surface area contributed by atoms with Gasteiger partial charge in [-0.15, -0.1) is 0 Å². The zero-order valence-corrected chi connectivity index (χ0v) is 16.8. The monoisotopic (exact) mass is 386 g/mol. The third-order valence-corrected chi connectivity index (χ3v) is 6.92. The van der Waals surface area contributed by atoms with E-state index in [1.54, 1.807) is 13.0 Å². The van der Waals surface area contributed by atoms with Gasteiger partial charge in [-0.3, -0.25) is 4.79 Å². The van der Waals surface area contributed by atoms with Gasteiger partial charge in [0.1, 0.15) is 0 Å². The molecule has 0 radical (unpaired) electrons. The molecular weight excluding hydrogens is 360 g/mol. The van der Waals surface area contributed by atoms with Gasteiger partial charge in [0.25, 0.3) is 5.91 Å². The lowest BCUT2D eigenvalue weighted by molar-refractivity contribution is 0.0736. The Morgan fingerprint density at radius 2 is 1.89 bits per heavy atom. The number of carbonyl (C=O) groups is 1. The summed E-state index contributed by atoms with van der Waals surface area (Å²) in [6.07, 6.45) is 2.75. The van der Waals surface area contributed by atoms with Gasteiger partial charge in [0.05, 0.1) is 4.90 Å². The fourth-order valence-electron chi connectivity index (χ4n) is 3.71. The van der Waals surface area contributed by atoms with Gasteiger partial charge in [-0.1, -0.05) is 30.3 Å². The van der Waals surface area contributed by atoms with Crippen LogP contribution < -0.4 is 4.72 Å². The van der Waals surface area contributed by atoms with Gasteiger partial charge in [-0.2, -0.15) is 0 Å². The van der Waals surface area contributed by atoms with Gasteiger partial charge in [0, 0.05) is 18.2 Å². The molecule has 0 aromatic heterocycles. The second kappa shape index (κ2) is 7.82. The molecule has 0 bridgehead atoms. The van der Waals surface area contributed by atoms with E-state index >= 15 is 0 Å². The molecule has 2 aromatic rings. The summed E-state index contributed by atoms with van der Waals surface area (Å²) in [5.74, 6) is -0.0934. The number of likely N-dealkylation sites (tertiary alicyclic amines) is 1. The van der Waals surface area contributed by atoms with Gasteiger partial charge in [-0.05, 0) is 69.0 Å². The van der Waals surface area contributed by atoms with Crippen molar-refractivity contribution in [2.75, 3.05) is 13.6 Å². The summed E-state index contributed by atoms with van der Waals surface area (Å²) in [6.45, 7) is 4.31. The van der Waals surface area contributed by atoms with Crippen LogP contribution in [0.5, 0.6) is 0 Å². The molecular formula is C21H26N2O3S. The van der Waals surface area contributed by atoms with Crippen LogP contribution in [0, 0.1) is 13.8 Å². The van der Waals surface area contributed by atoms with E-state index in [1.807, 2.05) is 30.0 Å². The highest BCUT2D eigenvalue weighted by atomic mass is 32.2. The summed E-state index contributed by atoms with van der Waals surface area (Å²) >= 11 is 0. The Balaban J connectivity index is 1.91. The maximum atomic E-state index is 13.2. The van der Waals surface area contributed by atoms with Crippen molar-refractivity contribution in [3.8, 4) is 0 Å². The molecule has 6 heteroatoms. The van der Waals surface area contributed by atoms with E-state index in [1.165, 1.54) is 18.7 Å². The Kier molecular flexibility index (Phi) is 5.67.